The SMILES string of the molecule is O=C(CSc1ccc2c(c1)CCC2)c1ccc(O)c(O)c1. The van der Waals surface area contributed by atoms with Crippen LogP contribution in [-0.4, -0.2) is 21.7 Å². The molecule has 0 aliphatic heterocycles. The van der Waals surface area contributed by atoms with Crippen LogP contribution in [0.1, 0.15) is 27.9 Å². The number of Topliss-reactive ketones (excluding diaryl/α,β-unsaturated/α-hetero) is 1. The van der Waals surface area contributed by atoms with Gasteiger partial charge in [-0.05, 0) is 60.7 Å². The van der Waals surface area contributed by atoms with Gasteiger partial charge in [-0.3, -0.25) is 4.79 Å². The van der Waals surface area contributed by atoms with Gasteiger partial charge in [0.2, 0.25) is 0 Å². The van der Waals surface area contributed by atoms with Gasteiger partial charge in [-0.2, -0.15) is 0 Å². The molecule has 1 aliphatic carbocycles. The second kappa shape index (κ2) is 5.82. The molecule has 0 spiro atoms. The number of thioether (sulfide) groups is 1. The predicted octanol–water partition coefficient (Wildman–Crippen LogP) is 3.56. The number of carbonyl (C=O) groups excluding carboxylic acids is 1. The molecule has 0 bridgehead atoms. The maximum Gasteiger partial charge on any atom is 0.173 e. The fraction of sp³-hybridized carbons (Fsp3) is 0.235. The summed E-state index contributed by atoms with van der Waals surface area (Å²) in [7, 11) is 0. The van der Waals surface area contributed by atoms with Crippen molar-refractivity contribution in [1.29, 1.82) is 0 Å². The molecule has 0 fully saturated rings. The van der Waals surface area contributed by atoms with Gasteiger partial charge in [0.15, 0.2) is 17.3 Å². The zero-order valence-electron chi connectivity index (χ0n) is 11.5. The fourth-order valence-electron chi connectivity index (χ4n) is 2.57. The molecule has 0 atom stereocenters. The molecule has 3 rings (SSSR count). The van der Waals surface area contributed by atoms with Crippen molar-refractivity contribution in [2.45, 2.75) is 24.2 Å². The minimum atomic E-state index is -0.261. The molecule has 0 unspecified atom stereocenters. The molecule has 0 saturated heterocycles. The standard InChI is InChI=1S/C17H16O3S/c18-15-7-5-13(9-16(15)19)17(20)10-21-14-6-4-11-2-1-3-12(11)8-14/h4-9,18-19H,1-3,10H2. The van der Waals surface area contributed by atoms with E-state index in [1.54, 1.807) is 0 Å². The van der Waals surface area contributed by atoms with Crippen molar-refractivity contribution in [1.82, 2.24) is 0 Å². The quantitative estimate of drug-likeness (QED) is 0.515. The largest absolute Gasteiger partial charge is 0.504 e. The van der Waals surface area contributed by atoms with E-state index in [-0.39, 0.29) is 17.3 Å². The van der Waals surface area contributed by atoms with Crippen molar-refractivity contribution in [2.75, 3.05) is 5.75 Å². The van der Waals surface area contributed by atoms with Crippen molar-refractivity contribution >= 4 is 17.5 Å². The molecule has 2 aromatic carbocycles. The average Bonchev–Trinajstić information content (AvgIpc) is 2.95. The number of fused-ring (bicyclic) bond motifs is 1. The summed E-state index contributed by atoms with van der Waals surface area (Å²) >= 11 is 1.51. The van der Waals surface area contributed by atoms with Gasteiger partial charge in [-0.15, -0.1) is 11.8 Å². The summed E-state index contributed by atoms with van der Waals surface area (Å²) in [6.07, 6.45) is 3.50. The zero-order chi connectivity index (χ0) is 14.8. The first kappa shape index (κ1) is 14.0. The highest BCUT2D eigenvalue weighted by molar-refractivity contribution is 8.00. The van der Waals surface area contributed by atoms with E-state index in [0.717, 1.165) is 17.7 Å². The van der Waals surface area contributed by atoms with Gasteiger partial charge in [0, 0.05) is 10.5 Å². The van der Waals surface area contributed by atoms with Crippen molar-refractivity contribution in [3.63, 3.8) is 0 Å². The average molecular weight is 300 g/mol. The van der Waals surface area contributed by atoms with Gasteiger partial charge < -0.3 is 10.2 Å². The van der Waals surface area contributed by atoms with Crippen LogP contribution in [0.3, 0.4) is 0 Å². The number of hydrogen-bond donors (Lipinski definition) is 2. The number of phenols is 2. The van der Waals surface area contributed by atoms with E-state index >= 15 is 0 Å². The van der Waals surface area contributed by atoms with E-state index < -0.39 is 0 Å². The van der Waals surface area contributed by atoms with E-state index in [1.165, 1.54) is 47.5 Å². The lowest BCUT2D eigenvalue weighted by atomic mass is 10.1. The summed E-state index contributed by atoms with van der Waals surface area (Å²) < 4.78 is 0. The summed E-state index contributed by atoms with van der Waals surface area (Å²) in [4.78, 5) is 13.2. The van der Waals surface area contributed by atoms with Crippen LogP contribution in [0.4, 0.5) is 0 Å². The molecule has 0 heterocycles. The van der Waals surface area contributed by atoms with Crippen molar-refractivity contribution in [3.8, 4) is 11.5 Å². The Balaban J connectivity index is 1.67. The Kier molecular flexibility index (Phi) is 3.88. The first-order valence-electron chi connectivity index (χ1n) is 6.93. The third kappa shape index (κ3) is 3.05. The van der Waals surface area contributed by atoms with Gasteiger partial charge in [0.25, 0.3) is 0 Å². The molecule has 4 heteroatoms. The smallest absolute Gasteiger partial charge is 0.173 e. The van der Waals surface area contributed by atoms with Crippen molar-refractivity contribution in [3.05, 3.63) is 53.1 Å². The molecule has 1 aliphatic rings. The Morgan fingerprint density at radius 2 is 1.81 bits per heavy atom. The van der Waals surface area contributed by atoms with Gasteiger partial charge in [-0.1, -0.05) is 6.07 Å². The highest BCUT2D eigenvalue weighted by Crippen LogP contribution is 2.29. The maximum atomic E-state index is 12.1. The molecule has 108 valence electrons. The third-order valence-electron chi connectivity index (χ3n) is 3.74. The van der Waals surface area contributed by atoms with E-state index in [9.17, 15) is 15.0 Å². The minimum Gasteiger partial charge on any atom is -0.504 e. The molecular formula is C17H16O3S. The summed E-state index contributed by atoms with van der Waals surface area (Å²) in [5.74, 6) is -0.208. The zero-order valence-corrected chi connectivity index (χ0v) is 12.3. The Morgan fingerprint density at radius 3 is 2.62 bits per heavy atom. The van der Waals surface area contributed by atoms with Crippen LogP contribution < -0.4 is 0 Å². The number of rotatable bonds is 4. The molecule has 0 radical (unpaired) electrons. The fourth-order valence-corrected chi connectivity index (χ4v) is 3.42. The van der Waals surface area contributed by atoms with E-state index in [0.29, 0.717) is 11.3 Å². The second-order valence-corrected chi connectivity index (χ2v) is 6.25. The van der Waals surface area contributed by atoms with Crippen molar-refractivity contribution in [2.24, 2.45) is 0 Å². The van der Waals surface area contributed by atoms with Crippen LogP contribution in [-0.2, 0) is 12.8 Å². The van der Waals surface area contributed by atoms with E-state index in [1.807, 2.05) is 0 Å². The number of carbonyl (C=O) groups is 1. The molecule has 0 saturated carbocycles. The lowest BCUT2D eigenvalue weighted by Crippen LogP contribution is -2.02. The predicted molar refractivity (Wildman–Crippen MR) is 83.3 cm³/mol. The molecule has 21 heavy (non-hydrogen) atoms. The number of phenolic OH excluding ortho intramolecular Hbond substituents is 2. The Hall–Kier alpha value is -1.94. The van der Waals surface area contributed by atoms with Gasteiger partial charge in [0.1, 0.15) is 0 Å². The molecular weight excluding hydrogens is 284 g/mol. The maximum absolute atomic E-state index is 12.1. The summed E-state index contributed by atoms with van der Waals surface area (Å²) in [6, 6.07) is 10.6. The normalized spacial score (nSPS) is 13.1. The Morgan fingerprint density at radius 1 is 1.00 bits per heavy atom. The molecule has 0 aromatic heterocycles. The second-order valence-electron chi connectivity index (χ2n) is 5.20. The van der Waals surface area contributed by atoms with Crippen LogP contribution in [0.5, 0.6) is 11.5 Å². The number of aryl methyl sites for hydroxylation is 2. The number of hydrogen-bond acceptors (Lipinski definition) is 4. The van der Waals surface area contributed by atoms with Crippen LogP contribution in [0.25, 0.3) is 0 Å². The first-order chi connectivity index (χ1) is 10.1. The minimum absolute atomic E-state index is 0.0594. The van der Waals surface area contributed by atoms with Crippen LogP contribution >= 0.6 is 11.8 Å². The Bertz CT molecular complexity index is 694. The summed E-state index contributed by atoms with van der Waals surface area (Å²) in [5.41, 5.74) is 3.24. The highest BCUT2D eigenvalue weighted by atomic mass is 32.2. The van der Waals surface area contributed by atoms with Crippen LogP contribution in [0.15, 0.2) is 41.3 Å². The Labute approximate surface area is 127 Å². The third-order valence-corrected chi connectivity index (χ3v) is 4.73. The molecule has 3 nitrogen and oxygen atoms in total. The van der Waals surface area contributed by atoms with Crippen LogP contribution in [0, 0.1) is 0 Å². The highest BCUT2D eigenvalue weighted by Gasteiger charge is 2.13. The van der Waals surface area contributed by atoms with Gasteiger partial charge >= 0.3 is 0 Å². The first-order valence-corrected chi connectivity index (χ1v) is 7.92. The number of ketones is 1. The van der Waals surface area contributed by atoms with E-state index in [2.05, 4.69) is 18.2 Å². The van der Waals surface area contributed by atoms with Crippen LogP contribution in [0.2, 0.25) is 0 Å². The topological polar surface area (TPSA) is 57.5 Å². The number of aromatic hydroxyl groups is 2. The lowest BCUT2D eigenvalue weighted by molar-refractivity contribution is 0.102. The summed E-state index contributed by atoms with van der Waals surface area (Å²) in [6.45, 7) is 0. The number of benzene rings is 2. The van der Waals surface area contributed by atoms with E-state index in [4.69, 9.17) is 0 Å². The lowest BCUT2D eigenvalue weighted by Gasteiger charge is -2.05. The molecule has 2 aromatic rings. The molecule has 0 amide bonds. The van der Waals surface area contributed by atoms with Gasteiger partial charge in [0.05, 0.1) is 5.75 Å². The van der Waals surface area contributed by atoms with Crippen molar-refractivity contribution < 1.29 is 15.0 Å². The van der Waals surface area contributed by atoms with Gasteiger partial charge in [-0.25, -0.2) is 0 Å². The molecule has 2 N–H and O–H groups in total. The summed E-state index contributed by atoms with van der Waals surface area (Å²) in [5, 5.41) is 18.7. The monoisotopic (exact) mass is 300 g/mol.